The van der Waals surface area contributed by atoms with Gasteiger partial charge in [-0.25, -0.2) is 4.99 Å². The molecule has 1 aromatic rings. The zero-order valence-corrected chi connectivity index (χ0v) is 10.8. The van der Waals surface area contributed by atoms with Gasteiger partial charge in [0.1, 0.15) is 6.61 Å². The molecule has 3 heteroatoms. The van der Waals surface area contributed by atoms with E-state index in [1.807, 2.05) is 12.1 Å². The lowest BCUT2D eigenvalue weighted by atomic mass is 10.1. The van der Waals surface area contributed by atoms with Crippen molar-refractivity contribution in [1.29, 1.82) is 0 Å². The van der Waals surface area contributed by atoms with Crippen LogP contribution >= 0.6 is 11.8 Å². The molecule has 0 bridgehead atoms. The van der Waals surface area contributed by atoms with Gasteiger partial charge in [0, 0.05) is 10.5 Å². The van der Waals surface area contributed by atoms with E-state index in [2.05, 4.69) is 37.2 Å². The first-order valence-corrected chi connectivity index (χ1v) is 6.79. The summed E-state index contributed by atoms with van der Waals surface area (Å²) in [5.41, 5.74) is 1.12. The van der Waals surface area contributed by atoms with Gasteiger partial charge < -0.3 is 4.74 Å². The summed E-state index contributed by atoms with van der Waals surface area (Å²) in [4.78, 5) is 5.87. The van der Waals surface area contributed by atoms with E-state index in [4.69, 9.17) is 4.74 Å². The predicted molar refractivity (Wildman–Crippen MR) is 69.3 cm³/mol. The Balaban J connectivity index is 2.28. The van der Waals surface area contributed by atoms with Gasteiger partial charge in [-0.15, -0.1) is 11.8 Å². The zero-order chi connectivity index (χ0) is 11.5. The molecule has 2 nitrogen and oxygen atoms in total. The van der Waals surface area contributed by atoms with E-state index in [1.165, 1.54) is 4.90 Å². The molecule has 0 spiro atoms. The molecule has 0 aromatic heterocycles. The number of benzene rings is 1. The molecular formula is C13H17NOS. The fourth-order valence-corrected chi connectivity index (χ4v) is 2.29. The molecule has 0 saturated carbocycles. The molecule has 0 amide bonds. The Labute approximate surface area is 101 Å². The Morgan fingerprint density at radius 1 is 1.38 bits per heavy atom. The van der Waals surface area contributed by atoms with E-state index in [0.29, 0.717) is 12.0 Å². The third-order valence-corrected chi connectivity index (χ3v) is 3.58. The Morgan fingerprint density at radius 2 is 2.12 bits per heavy atom. The average molecular weight is 235 g/mol. The van der Waals surface area contributed by atoms with E-state index in [-0.39, 0.29) is 0 Å². The average Bonchev–Trinajstić information content (AvgIpc) is 2.78. The van der Waals surface area contributed by atoms with Crippen LogP contribution in [0.25, 0.3) is 0 Å². The van der Waals surface area contributed by atoms with Crippen molar-refractivity contribution in [3.05, 3.63) is 29.8 Å². The highest BCUT2D eigenvalue weighted by Gasteiger charge is 2.23. The summed E-state index contributed by atoms with van der Waals surface area (Å²) in [5, 5.41) is 0. The lowest BCUT2D eigenvalue weighted by Crippen LogP contribution is -2.13. The second-order valence-electron chi connectivity index (χ2n) is 4.26. The third-order valence-electron chi connectivity index (χ3n) is 2.78. The molecule has 86 valence electrons. The molecule has 1 heterocycles. The molecule has 1 aliphatic rings. The number of hydrogen-bond acceptors (Lipinski definition) is 3. The van der Waals surface area contributed by atoms with Gasteiger partial charge in [-0.1, -0.05) is 26.0 Å². The molecule has 0 aliphatic carbocycles. The Morgan fingerprint density at radius 3 is 2.75 bits per heavy atom. The van der Waals surface area contributed by atoms with Crippen molar-refractivity contribution in [2.45, 2.75) is 24.8 Å². The van der Waals surface area contributed by atoms with Crippen molar-refractivity contribution in [1.82, 2.24) is 0 Å². The summed E-state index contributed by atoms with van der Waals surface area (Å²) >= 11 is 1.73. The van der Waals surface area contributed by atoms with Crippen LogP contribution in [0.2, 0.25) is 0 Å². The van der Waals surface area contributed by atoms with Crippen molar-refractivity contribution in [2.24, 2.45) is 10.9 Å². The maximum absolute atomic E-state index is 5.69. The van der Waals surface area contributed by atoms with E-state index in [9.17, 15) is 0 Å². The van der Waals surface area contributed by atoms with E-state index in [1.54, 1.807) is 11.8 Å². The number of hydrogen-bond donors (Lipinski definition) is 0. The smallest absolute Gasteiger partial charge is 0.217 e. The largest absolute Gasteiger partial charge is 0.475 e. The van der Waals surface area contributed by atoms with Crippen LogP contribution in [0, 0.1) is 5.92 Å². The minimum Gasteiger partial charge on any atom is -0.475 e. The van der Waals surface area contributed by atoms with Crippen LogP contribution in [-0.2, 0) is 4.74 Å². The standard InChI is InChI=1S/C13H17NOS/c1-9(2)11-8-15-13(14-11)10-6-4-5-7-12(10)16-3/h4-7,9,11H,8H2,1-3H3/t11-/m0/s1. The lowest BCUT2D eigenvalue weighted by Gasteiger charge is -2.06. The summed E-state index contributed by atoms with van der Waals surface area (Å²) in [6.45, 7) is 5.08. The van der Waals surface area contributed by atoms with Crippen molar-refractivity contribution < 1.29 is 4.74 Å². The highest BCUT2D eigenvalue weighted by molar-refractivity contribution is 7.98. The fraction of sp³-hybridized carbons (Fsp3) is 0.462. The summed E-state index contributed by atoms with van der Waals surface area (Å²) in [6.07, 6.45) is 2.08. The van der Waals surface area contributed by atoms with Crippen LogP contribution in [0.15, 0.2) is 34.2 Å². The van der Waals surface area contributed by atoms with Crippen LogP contribution in [0.1, 0.15) is 19.4 Å². The summed E-state index contributed by atoms with van der Waals surface area (Å²) < 4.78 is 5.69. The Kier molecular flexibility index (Phi) is 3.54. The summed E-state index contributed by atoms with van der Waals surface area (Å²) in [6, 6.07) is 8.57. The van der Waals surface area contributed by atoms with Crippen molar-refractivity contribution >= 4 is 17.7 Å². The minimum atomic E-state index is 0.310. The van der Waals surface area contributed by atoms with Gasteiger partial charge in [0.25, 0.3) is 0 Å². The minimum absolute atomic E-state index is 0.310. The lowest BCUT2D eigenvalue weighted by molar-refractivity contribution is 0.291. The molecule has 1 aromatic carbocycles. The third kappa shape index (κ3) is 2.24. The van der Waals surface area contributed by atoms with E-state index < -0.39 is 0 Å². The van der Waals surface area contributed by atoms with E-state index >= 15 is 0 Å². The molecular weight excluding hydrogens is 218 g/mol. The molecule has 1 aliphatic heterocycles. The first-order chi connectivity index (χ1) is 7.72. The molecule has 0 saturated heterocycles. The van der Waals surface area contributed by atoms with Crippen LogP contribution in [0.5, 0.6) is 0 Å². The second-order valence-corrected chi connectivity index (χ2v) is 5.10. The maximum Gasteiger partial charge on any atom is 0.217 e. The predicted octanol–water partition coefficient (Wildman–Crippen LogP) is 3.21. The number of aliphatic imine (C=N–C) groups is 1. The van der Waals surface area contributed by atoms with Crippen molar-refractivity contribution in [3.8, 4) is 0 Å². The number of ether oxygens (including phenoxy) is 1. The molecule has 0 radical (unpaired) electrons. The first-order valence-electron chi connectivity index (χ1n) is 5.56. The van der Waals surface area contributed by atoms with Gasteiger partial charge in [-0.3, -0.25) is 0 Å². The van der Waals surface area contributed by atoms with Crippen molar-refractivity contribution in [3.63, 3.8) is 0 Å². The van der Waals surface area contributed by atoms with Gasteiger partial charge in [-0.2, -0.15) is 0 Å². The Bertz CT molecular complexity index is 401. The molecule has 2 rings (SSSR count). The van der Waals surface area contributed by atoms with Crippen LogP contribution < -0.4 is 0 Å². The van der Waals surface area contributed by atoms with Crippen LogP contribution in [0.3, 0.4) is 0 Å². The van der Waals surface area contributed by atoms with Crippen LogP contribution in [-0.4, -0.2) is 24.8 Å². The van der Waals surface area contributed by atoms with Crippen LogP contribution in [0.4, 0.5) is 0 Å². The number of nitrogens with zero attached hydrogens (tertiary/aromatic N) is 1. The van der Waals surface area contributed by atoms with Crippen molar-refractivity contribution in [2.75, 3.05) is 12.9 Å². The van der Waals surface area contributed by atoms with Gasteiger partial charge in [0.05, 0.1) is 6.04 Å². The summed E-state index contributed by atoms with van der Waals surface area (Å²) in [7, 11) is 0. The number of rotatable bonds is 3. The normalized spacial score (nSPS) is 19.8. The zero-order valence-electron chi connectivity index (χ0n) is 9.93. The molecule has 0 unspecified atom stereocenters. The second kappa shape index (κ2) is 4.91. The quantitative estimate of drug-likeness (QED) is 0.750. The number of thioether (sulfide) groups is 1. The maximum atomic E-state index is 5.69. The van der Waals surface area contributed by atoms with Gasteiger partial charge >= 0.3 is 0 Å². The highest BCUT2D eigenvalue weighted by atomic mass is 32.2. The highest BCUT2D eigenvalue weighted by Crippen LogP contribution is 2.24. The first kappa shape index (κ1) is 11.5. The van der Waals surface area contributed by atoms with Gasteiger partial charge in [0.2, 0.25) is 5.90 Å². The fourth-order valence-electron chi connectivity index (χ4n) is 1.70. The van der Waals surface area contributed by atoms with E-state index in [0.717, 1.165) is 18.1 Å². The monoisotopic (exact) mass is 235 g/mol. The Hall–Kier alpha value is -0.960. The molecule has 16 heavy (non-hydrogen) atoms. The summed E-state index contributed by atoms with van der Waals surface area (Å²) in [5.74, 6) is 1.35. The van der Waals surface area contributed by atoms with Gasteiger partial charge in [-0.05, 0) is 24.3 Å². The molecule has 0 fully saturated rings. The molecule has 0 N–H and O–H groups in total. The molecule has 1 atom stereocenters. The van der Waals surface area contributed by atoms with Gasteiger partial charge in [0.15, 0.2) is 0 Å². The SMILES string of the molecule is CSc1ccccc1C1=N[C@H](C(C)C)CO1. The topological polar surface area (TPSA) is 21.6 Å².